The fourth-order valence-electron chi connectivity index (χ4n) is 6.66. The van der Waals surface area contributed by atoms with E-state index in [2.05, 4.69) is 73.9 Å². The van der Waals surface area contributed by atoms with Crippen LogP contribution in [0.25, 0.3) is 0 Å². The molecule has 2 heterocycles. The van der Waals surface area contributed by atoms with Crippen molar-refractivity contribution in [1.29, 1.82) is 0 Å². The lowest BCUT2D eigenvalue weighted by molar-refractivity contribution is -0.147. The van der Waals surface area contributed by atoms with Crippen LogP contribution in [0.2, 0.25) is 0 Å². The molecule has 3 aromatic rings. The second-order valence-corrected chi connectivity index (χ2v) is 11.5. The van der Waals surface area contributed by atoms with E-state index in [1.807, 2.05) is 30.5 Å². The lowest BCUT2D eigenvalue weighted by atomic mass is 9.74. The van der Waals surface area contributed by atoms with Gasteiger partial charge in [0.15, 0.2) is 0 Å². The van der Waals surface area contributed by atoms with E-state index in [1.165, 1.54) is 7.11 Å². The van der Waals surface area contributed by atoms with Gasteiger partial charge < -0.3 is 24.2 Å². The second kappa shape index (κ2) is 12.3. The van der Waals surface area contributed by atoms with Gasteiger partial charge in [0, 0.05) is 66.4 Å². The van der Waals surface area contributed by atoms with Crippen LogP contribution in [-0.4, -0.2) is 68.1 Å². The molecule has 2 aliphatic rings. The van der Waals surface area contributed by atoms with Crippen LogP contribution in [0.15, 0.2) is 60.7 Å². The van der Waals surface area contributed by atoms with Crippen LogP contribution in [0.4, 0.5) is 11.4 Å². The molecule has 2 aliphatic heterocycles. The van der Waals surface area contributed by atoms with E-state index in [0.717, 1.165) is 54.2 Å². The minimum Gasteiger partial charge on any atom is -0.467 e. The predicted molar refractivity (Wildman–Crippen MR) is 171 cm³/mol. The van der Waals surface area contributed by atoms with Crippen LogP contribution < -0.4 is 14.5 Å². The van der Waals surface area contributed by atoms with Gasteiger partial charge in [-0.15, -0.1) is 0 Å². The number of hydrogen-bond donors (Lipinski definition) is 0. The number of fused-ring (bicyclic) bond motifs is 6. The zero-order chi connectivity index (χ0) is 30.0. The fourth-order valence-corrected chi connectivity index (χ4v) is 7.12. The predicted octanol–water partition coefficient (Wildman–Crippen LogP) is 6.53. The molecule has 0 fully saturated rings. The van der Waals surface area contributed by atoms with Crippen LogP contribution in [0.3, 0.4) is 0 Å². The number of rotatable bonds is 11. The molecule has 1 atom stereocenters. The first-order valence-corrected chi connectivity index (χ1v) is 16.3. The molecule has 7 nitrogen and oxygen atoms in total. The van der Waals surface area contributed by atoms with Gasteiger partial charge in [0.05, 0.1) is 7.11 Å². The Morgan fingerprint density at radius 2 is 1.43 bits per heavy atom. The highest BCUT2D eigenvalue weighted by Crippen LogP contribution is 2.59. The van der Waals surface area contributed by atoms with Gasteiger partial charge in [-0.2, -0.15) is 11.8 Å². The average Bonchev–Trinajstić information content (AvgIpc) is 3.27. The number of nitrogens with zero attached hydrogens (tertiary/aromatic N) is 3. The third-order valence-corrected chi connectivity index (χ3v) is 9.34. The summed E-state index contributed by atoms with van der Waals surface area (Å²) in [5.74, 6) is 1.48. The molecule has 3 aromatic carbocycles. The third kappa shape index (κ3) is 4.60. The molecule has 0 saturated carbocycles. The first-order chi connectivity index (χ1) is 20.4. The number of methoxy groups -OCH3 is 1. The third-order valence-electron chi connectivity index (χ3n) is 8.69. The molecule has 0 N–H and O–H groups in total. The quantitative estimate of drug-likeness (QED) is 0.237. The maximum atomic E-state index is 14.5. The maximum Gasteiger partial charge on any atom is 0.328 e. The van der Waals surface area contributed by atoms with Gasteiger partial charge >= 0.3 is 5.97 Å². The van der Waals surface area contributed by atoms with E-state index < -0.39 is 17.6 Å². The highest BCUT2D eigenvalue weighted by molar-refractivity contribution is 7.98. The lowest BCUT2D eigenvalue weighted by Crippen LogP contribution is -2.55. The highest BCUT2D eigenvalue weighted by Gasteiger charge is 2.59. The molecular formula is C34H41N3O4S. The van der Waals surface area contributed by atoms with Crippen molar-refractivity contribution in [3.63, 3.8) is 0 Å². The molecule has 0 radical (unpaired) electrons. The molecule has 1 spiro atoms. The summed E-state index contributed by atoms with van der Waals surface area (Å²) in [7, 11) is 1.40. The first kappa shape index (κ1) is 29.8. The summed E-state index contributed by atoms with van der Waals surface area (Å²) in [4.78, 5) is 34.4. The van der Waals surface area contributed by atoms with Gasteiger partial charge in [-0.1, -0.05) is 30.3 Å². The monoisotopic (exact) mass is 587 g/mol. The van der Waals surface area contributed by atoms with E-state index >= 15 is 0 Å². The van der Waals surface area contributed by atoms with Gasteiger partial charge in [-0.3, -0.25) is 4.79 Å². The minimum absolute atomic E-state index is 0.179. The van der Waals surface area contributed by atoms with E-state index in [1.54, 1.807) is 16.7 Å². The summed E-state index contributed by atoms with van der Waals surface area (Å²) in [6.07, 6.45) is 2.48. The zero-order valence-corrected chi connectivity index (χ0v) is 26.3. The summed E-state index contributed by atoms with van der Waals surface area (Å²) in [5, 5.41) is 0. The summed E-state index contributed by atoms with van der Waals surface area (Å²) in [6, 6.07) is 19.5. The SMILES string of the molecule is CCN(CC)c1ccc2c(c1)Oc1cc(N(CC)CC)ccc1C21c2ccccc2C(=O)N1[C@H](CCSC)C(=O)OC. The Balaban J connectivity index is 1.86. The standard InChI is InChI=1S/C34H41N3O4S/c1-7-35(8-2)23-15-17-27-30(21-23)41-31-22-24(36(9-3)10-4)16-18-28(31)34(27)26-14-12-11-13-25(26)32(38)37(34)29(19-20-42-6)33(39)40-5/h11-18,21-22,29H,7-10,19-20H2,1-6H3/t29-/m1/s1. The first-order valence-electron chi connectivity index (χ1n) is 14.9. The largest absolute Gasteiger partial charge is 0.467 e. The second-order valence-electron chi connectivity index (χ2n) is 10.6. The van der Waals surface area contributed by atoms with Crippen molar-refractivity contribution in [2.45, 2.75) is 45.7 Å². The van der Waals surface area contributed by atoms with Crippen LogP contribution in [0, 0.1) is 0 Å². The Morgan fingerprint density at radius 1 is 0.881 bits per heavy atom. The van der Waals surface area contributed by atoms with Crippen molar-refractivity contribution in [1.82, 2.24) is 4.90 Å². The number of carbonyl (C=O) groups excluding carboxylic acids is 2. The van der Waals surface area contributed by atoms with E-state index in [-0.39, 0.29) is 5.91 Å². The molecule has 0 aromatic heterocycles. The molecule has 1 amide bonds. The summed E-state index contributed by atoms with van der Waals surface area (Å²) >= 11 is 1.65. The molecule has 0 saturated heterocycles. The molecule has 8 heteroatoms. The summed E-state index contributed by atoms with van der Waals surface area (Å²) < 4.78 is 12.1. The molecule has 0 unspecified atom stereocenters. The highest BCUT2D eigenvalue weighted by atomic mass is 32.2. The van der Waals surface area contributed by atoms with Crippen molar-refractivity contribution in [2.24, 2.45) is 0 Å². The normalized spacial score (nSPS) is 15.0. The van der Waals surface area contributed by atoms with Crippen molar-refractivity contribution in [3.8, 4) is 11.5 Å². The molecule has 42 heavy (non-hydrogen) atoms. The van der Waals surface area contributed by atoms with Crippen LogP contribution in [0.5, 0.6) is 11.5 Å². The molecule has 0 bridgehead atoms. The van der Waals surface area contributed by atoms with Crippen molar-refractivity contribution >= 4 is 35.0 Å². The number of benzene rings is 3. The molecule has 0 aliphatic carbocycles. The number of hydrogen-bond acceptors (Lipinski definition) is 7. The molecule has 5 rings (SSSR count). The summed E-state index contributed by atoms with van der Waals surface area (Å²) in [5.41, 5.74) is 4.16. The number of esters is 1. The number of carbonyl (C=O) groups is 2. The van der Waals surface area contributed by atoms with E-state index in [9.17, 15) is 9.59 Å². The van der Waals surface area contributed by atoms with Crippen molar-refractivity contribution in [2.75, 3.05) is 55.1 Å². The topological polar surface area (TPSA) is 62.3 Å². The Hall–Kier alpha value is -3.65. The molecule has 222 valence electrons. The Labute approximate surface area is 253 Å². The Bertz CT molecular complexity index is 1410. The van der Waals surface area contributed by atoms with Gasteiger partial charge in [-0.05, 0) is 69.9 Å². The number of amides is 1. The maximum absolute atomic E-state index is 14.5. The van der Waals surface area contributed by atoms with E-state index in [0.29, 0.717) is 29.2 Å². The van der Waals surface area contributed by atoms with E-state index in [4.69, 9.17) is 9.47 Å². The number of anilines is 2. The van der Waals surface area contributed by atoms with Crippen molar-refractivity contribution < 1.29 is 19.1 Å². The van der Waals surface area contributed by atoms with Gasteiger partial charge in [0.2, 0.25) is 0 Å². The van der Waals surface area contributed by atoms with Crippen LogP contribution >= 0.6 is 11.8 Å². The van der Waals surface area contributed by atoms with Crippen LogP contribution in [-0.2, 0) is 15.1 Å². The average molecular weight is 588 g/mol. The number of thioether (sulfide) groups is 1. The van der Waals surface area contributed by atoms with Gasteiger partial charge in [0.1, 0.15) is 23.1 Å². The Kier molecular flexibility index (Phi) is 8.73. The summed E-state index contributed by atoms with van der Waals surface area (Å²) in [6.45, 7) is 12.0. The van der Waals surface area contributed by atoms with Crippen LogP contribution in [0.1, 0.15) is 61.2 Å². The Morgan fingerprint density at radius 3 is 1.93 bits per heavy atom. The fraction of sp³-hybridized carbons (Fsp3) is 0.412. The van der Waals surface area contributed by atoms with Gasteiger partial charge in [0.25, 0.3) is 5.91 Å². The van der Waals surface area contributed by atoms with Gasteiger partial charge in [-0.25, -0.2) is 4.79 Å². The smallest absolute Gasteiger partial charge is 0.328 e. The zero-order valence-electron chi connectivity index (χ0n) is 25.5. The lowest BCUT2D eigenvalue weighted by Gasteiger charge is -2.47. The molecular weight excluding hydrogens is 546 g/mol. The number of ether oxygens (including phenoxy) is 2. The minimum atomic E-state index is -1.07. The van der Waals surface area contributed by atoms with Crippen molar-refractivity contribution in [3.05, 3.63) is 82.9 Å².